The highest BCUT2D eigenvalue weighted by Gasteiger charge is 2.49. The van der Waals surface area contributed by atoms with Crippen LogP contribution < -0.4 is 16.0 Å². The fourth-order valence-electron chi connectivity index (χ4n) is 3.94. The van der Waals surface area contributed by atoms with Gasteiger partial charge >= 0.3 is 12.3 Å². The van der Waals surface area contributed by atoms with E-state index in [2.05, 4.69) is 15.3 Å². The maximum atomic E-state index is 12.9. The number of alkyl halides is 3. The maximum absolute atomic E-state index is 12.9. The van der Waals surface area contributed by atoms with Gasteiger partial charge in [0.05, 0.1) is 17.8 Å². The Kier molecular flexibility index (Phi) is 5.19. The molecule has 2 aliphatic rings. The number of halogens is 3. The quantitative estimate of drug-likeness (QED) is 0.762. The third-order valence-corrected chi connectivity index (χ3v) is 5.67. The van der Waals surface area contributed by atoms with Gasteiger partial charge in [-0.25, -0.2) is 14.8 Å². The number of hydrogen-bond donors (Lipinski definition) is 2. The van der Waals surface area contributed by atoms with Crippen molar-refractivity contribution in [1.82, 2.24) is 9.97 Å². The molecule has 2 aromatic heterocycles. The van der Waals surface area contributed by atoms with Crippen LogP contribution in [0.15, 0.2) is 36.7 Å². The van der Waals surface area contributed by atoms with Crippen LogP contribution in [0.25, 0.3) is 0 Å². The van der Waals surface area contributed by atoms with E-state index < -0.39 is 35.3 Å². The highest BCUT2D eigenvalue weighted by atomic mass is 19.4. The molecule has 164 valence electrons. The van der Waals surface area contributed by atoms with E-state index in [-0.39, 0.29) is 11.5 Å². The van der Waals surface area contributed by atoms with Crippen LogP contribution in [-0.4, -0.2) is 34.1 Å². The molecule has 1 aliphatic heterocycles. The number of rotatable bonds is 3. The average molecular weight is 435 g/mol. The van der Waals surface area contributed by atoms with E-state index in [0.717, 1.165) is 6.07 Å². The molecule has 2 aromatic rings. The van der Waals surface area contributed by atoms with Crippen LogP contribution in [0.1, 0.15) is 31.2 Å². The van der Waals surface area contributed by atoms with Crippen LogP contribution in [0.2, 0.25) is 0 Å². The van der Waals surface area contributed by atoms with Gasteiger partial charge in [-0.2, -0.15) is 13.2 Å². The van der Waals surface area contributed by atoms with Crippen molar-refractivity contribution in [1.29, 1.82) is 0 Å². The molecule has 31 heavy (non-hydrogen) atoms. The van der Waals surface area contributed by atoms with Crippen LogP contribution in [0.3, 0.4) is 0 Å². The largest absolute Gasteiger partial charge is 0.441 e. The van der Waals surface area contributed by atoms with E-state index in [0.29, 0.717) is 44.2 Å². The van der Waals surface area contributed by atoms with Gasteiger partial charge in [0.2, 0.25) is 5.91 Å². The minimum atomic E-state index is -4.59. The van der Waals surface area contributed by atoms with E-state index in [1.54, 1.807) is 24.4 Å². The molecule has 0 unspecified atom stereocenters. The lowest BCUT2D eigenvalue weighted by molar-refractivity contribution is -0.137. The van der Waals surface area contributed by atoms with Gasteiger partial charge in [0, 0.05) is 18.3 Å². The fourth-order valence-corrected chi connectivity index (χ4v) is 3.94. The standard InChI is InChI=1S/C20H20F3N5O3/c21-20(22,23)13-9-14(16(24)26-10-13)27-17(29)12-4-6-19(7-5-12)11-28(18(30)31-19)15-3-1-2-8-25-15/h1-3,8-10,12H,4-7,11H2,(H2,24,26)(H,27,29). The van der Waals surface area contributed by atoms with E-state index in [1.807, 2.05) is 0 Å². The molecule has 0 radical (unpaired) electrons. The Hall–Kier alpha value is -3.37. The molecular weight excluding hydrogens is 415 g/mol. The predicted molar refractivity (Wildman–Crippen MR) is 105 cm³/mol. The summed E-state index contributed by atoms with van der Waals surface area (Å²) in [7, 11) is 0. The van der Waals surface area contributed by atoms with Gasteiger partial charge in [0.15, 0.2) is 0 Å². The molecule has 2 amide bonds. The Labute approximate surface area is 175 Å². The Morgan fingerprint density at radius 3 is 2.65 bits per heavy atom. The van der Waals surface area contributed by atoms with Gasteiger partial charge in [0.25, 0.3) is 0 Å². The summed E-state index contributed by atoms with van der Waals surface area (Å²) < 4.78 is 44.3. The normalized spacial score (nSPS) is 23.6. The zero-order valence-corrected chi connectivity index (χ0v) is 16.4. The summed E-state index contributed by atoms with van der Waals surface area (Å²) in [4.78, 5) is 34.1. The molecule has 0 bridgehead atoms. The lowest BCUT2D eigenvalue weighted by Gasteiger charge is -2.34. The van der Waals surface area contributed by atoms with Crippen molar-refractivity contribution >= 4 is 29.3 Å². The Morgan fingerprint density at radius 2 is 2.00 bits per heavy atom. The van der Waals surface area contributed by atoms with Crippen molar-refractivity contribution in [2.24, 2.45) is 5.92 Å². The molecule has 8 nitrogen and oxygen atoms in total. The van der Waals surface area contributed by atoms with Crippen LogP contribution in [0.5, 0.6) is 0 Å². The third kappa shape index (κ3) is 4.25. The highest BCUT2D eigenvalue weighted by molar-refractivity contribution is 5.95. The van der Waals surface area contributed by atoms with Gasteiger partial charge in [-0.1, -0.05) is 6.07 Å². The second-order valence-corrected chi connectivity index (χ2v) is 7.74. The van der Waals surface area contributed by atoms with Crippen molar-refractivity contribution < 1.29 is 27.5 Å². The molecular formula is C20H20F3N5O3. The summed E-state index contributed by atoms with van der Waals surface area (Å²) in [5.74, 6) is -0.572. The highest BCUT2D eigenvalue weighted by Crippen LogP contribution is 2.41. The SMILES string of the molecule is Nc1ncc(C(F)(F)F)cc1NC(=O)C1CCC2(CC1)CN(c1ccccn1)C(=O)O2. The summed E-state index contributed by atoms with van der Waals surface area (Å²) in [6.07, 6.45) is -1.12. The molecule has 3 heterocycles. The Morgan fingerprint density at radius 1 is 1.26 bits per heavy atom. The third-order valence-electron chi connectivity index (χ3n) is 5.67. The minimum Gasteiger partial charge on any atom is -0.441 e. The number of nitrogen functional groups attached to an aromatic ring is 1. The number of hydrogen-bond acceptors (Lipinski definition) is 6. The fraction of sp³-hybridized carbons (Fsp3) is 0.400. The topological polar surface area (TPSA) is 110 Å². The molecule has 4 rings (SSSR count). The summed E-state index contributed by atoms with van der Waals surface area (Å²) in [6, 6.07) is 6.01. The monoisotopic (exact) mass is 435 g/mol. The Bertz CT molecular complexity index is 991. The number of nitrogens with two attached hydrogens (primary N) is 1. The summed E-state index contributed by atoms with van der Waals surface area (Å²) in [6.45, 7) is 0.335. The number of carbonyl (C=O) groups is 2. The van der Waals surface area contributed by atoms with Crippen molar-refractivity contribution in [2.75, 3.05) is 22.5 Å². The minimum absolute atomic E-state index is 0.172. The first-order chi connectivity index (χ1) is 14.7. The predicted octanol–water partition coefficient (Wildman–Crippen LogP) is 3.60. The number of nitrogens with one attached hydrogen (secondary N) is 1. The zero-order valence-electron chi connectivity index (χ0n) is 16.4. The second-order valence-electron chi connectivity index (χ2n) is 7.74. The van der Waals surface area contributed by atoms with E-state index in [9.17, 15) is 22.8 Å². The summed E-state index contributed by atoms with van der Waals surface area (Å²) in [5, 5.41) is 2.46. The van der Waals surface area contributed by atoms with Crippen LogP contribution in [-0.2, 0) is 15.7 Å². The lowest BCUT2D eigenvalue weighted by Crippen LogP contribution is -2.41. The number of nitrogens with zero attached hydrogens (tertiary/aromatic N) is 3. The number of pyridine rings is 2. The smallest absolute Gasteiger partial charge is 0.417 e. The number of ether oxygens (including phenoxy) is 1. The zero-order chi connectivity index (χ0) is 22.2. The molecule has 1 spiro atoms. The van der Waals surface area contributed by atoms with Crippen LogP contribution in [0, 0.1) is 5.92 Å². The maximum Gasteiger partial charge on any atom is 0.417 e. The number of carbonyl (C=O) groups excluding carboxylic acids is 2. The second kappa shape index (κ2) is 7.71. The van der Waals surface area contributed by atoms with Crippen LogP contribution in [0.4, 0.5) is 35.3 Å². The number of aromatic nitrogens is 2. The molecule has 3 N–H and O–H groups in total. The summed E-state index contributed by atoms with van der Waals surface area (Å²) >= 11 is 0. The van der Waals surface area contributed by atoms with Gasteiger partial charge in [0.1, 0.15) is 17.2 Å². The van der Waals surface area contributed by atoms with Crippen molar-refractivity contribution in [3.05, 3.63) is 42.2 Å². The molecule has 0 atom stereocenters. The van der Waals surface area contributed by atoms with Crippen molar-refractivity contribution in [2.45, 2.75) is 37.5 Å². The Balaban J connectivity index is 1.39. The molecule has 1 aliphatic carbocycles. The first kappa shape index (κ1) is 20.9. The van der Waals surface area contributed by atoms with Crippen molar-refractivity contribution in [3.63, 3.8) is 0 Å². The van der Waals surface area contributed by atoms with Crippen LogP contribution >= 0.6 is 0 Å². The molecule has 1 saturated carbocycles. The van der Waals surface area contributed by atoms with E-state index in [4.69, 9.17) is 10.5 Å². The van der Waals surface area contributed by atoms with E-state index >= 15 is 0 Å². The van der Waals surface area contributed by atoms with Gasteiger partial charge < -0.3 is 15.8 Å². The number of amides is 2. The average Bonchev–Trinajstić information content (AvgIpc) is 3.05. The van der Waals surface area contributed by atoms with Crippen molar-refractivity contribution in [3.8, 4) is 0 Å². The summed E-state index contributed by atoms with van der Waals surface area (Å²) in [5.41, 5.74) is 3.76. The van der Waals surface area contributed by atoms with Gasteiger partial charge in [-0.05, 0) is 43.9 Å². The van der Waals surface area contributed by atoms with Gasteiger partial charge in [-0.3, -0.25) is 9.69 Å². The van der Waals surface area contributed by atoms with Gasteiger partial charge in [-0.15, -0.1) is 0 Å². The molecule has 1 saturated heterocycles. The first-order valence-electron chi connectivity index (χ1n) is 9.72. The first-order valence-corrected chi connectivity index (χ1v) is 9.72. The molecule has 0 aromatic carbocycles. The van der Waals surface area contributed by atoms with E-state index in [1.165, 1.54) is 4.90 Å². The molecule has 11 heteroatoms. The lowest BCUT2D eigenvalue weighted by atomic mass is 9.78. The molecule has 2 fully saturated rings. The number of anilines is 3.